The molecule has 0 radical (unpaired) electrons. The number of ether oxygens (including phenoxy) is 1. The van der Waals surface area contributed by atoms with Gasteiger partial charge in [-0.1, -0.05) is 48.0 Å². The summed E-state index contributed by atoms with van der Waals surface area (Å²) in [5.74, 6) is 0. The second-order valence-electron chi connectivity index (χ2n) is 5.20. The number of benzene rings is 1. The van der Waals surface area contributed by atoms with Gasteiger partial charge in [0.1, 0.15) is 0 Å². The summed E-state index contributed by atoms with van der Waals surface area (Å²) in [5, 5.41) is 0. The first-order valence-corrected chi connectivity index (χ1v) is 7.98. The third-order valence-electron chi connectivity index (χ3n) is 3.89. The van der Waals surface area contributed by atoms with Crippen LogP contribution in [0, 0.1) is 0 Å². The molecule has 0 N–H and O–H groups in total. The fourth-order valence-electron chi connectivity index (χ4n) is 2.69. The average molecular weight is 311 g/mol. The predicted octanol–water partition coefficient (Wildman–Crippen LogP) is 4.81. The zero-order chi connectivity index (χ0) is 13.1. The van der Waals surface area contributed by atoms with Gasteiger partial charge in [0.05, 0.1) is 17.0 Å². The summed E-state index contributed by atoms with van der Waals surface area (Å²) >= 11 is 3.87. The summed E-state index contributed by atoms with van der Waals surface area (Å²) < 4.78 is 6.00. The summed E-state index contributed by atoms with van der Waals surface area (Å²) in [6.07, 6.45) is 5.27. The lowest BCUT2D eigenvalue weighted by atomic mass is 9.95. The molecule has 0 bridgehead atoms. The van der Waals surface area contributed by atoms with Crippen molar-refractivity contribution in [2.45, 2.75) is 63.5 Å². The second-order valence-corrected chi connectivity index (χ2v) is 6.19. The van der Waals surface area contributed by atoms with Gasteiger partial charge >= 0.3 is 0 Å². The maximum Gasteiger partial charge on any atom is 0.0745 e. The zero-order valence-electron chi connectivity index (χ0n) is 11.6. The van der Waals surface area contributed by atoms with Gasteiger partial charge in [-0.3, -0.25) is 0 Å². The fraction of sp³-hybridized carbons (Fsp3) is 0.625. The molecule has 0 saturated carbocycles. The van der Waals surface area contributed by atoms with E-state index in [2.05, 4.69) is 54.9 Å². The van der Waals surface area contributed by atoms with Crippen LogP contribution in [0.25, 0.3) is 0 Å². The number of hydrogen-bond acceptors (Lipinski definition) is 1. The standard InChI is InChI=1S/C16H23BrO/c1-4-12-7-8-13(5-2)14(10-12)16(17)15-9-6-11(3)18-15/h7-8,10-11,15-16H,4-6,9H2,1-3H3. The summed E-state index contributed by atoms with van der Waals surface area (Å²) in [4.78, 5) is 0.337. The van der Waals surface area contributed by atoms with E-state index in [1.54, 1.807) is 0 Å². The van der Waals surface area contributed by atoms with Gasteiger partial charge in [0, 0.05) is 0 Å². The monoisotopic (exact) mass is 310 g/mol. The van der Waals surface area contributed by atoms with Crippen LogP contribution >= 0.6 is 15.9 Å². The average Bonchev–Trinajstić information content (AvgIpc) is 2.83. The largest absolute Gasteiger partial charge is 0.374 e. The number of aryl methyl sites for hydroxylation is 2. The molecule has 2 heteroatoms. The number of rotatable bonds is 4. The number of hydrogen-bond donors (Lipinski definition) is 0. The van der Waals surface area contributed by atoms with Crippen molar-refractivity contribution in [2.75, 3.05) is 0 Å². The molecule has 0 amide bonds. The van der Waals surface area contributed by atoms with Gasteiger partial charge in [-0.15, -0.1) is 0 Å². The Balaban J connectivity index is 2.24. The van der Waals surface area contributed by atoms with Crippen LogP contribution in [0.1, 0.15) is 55.1 Å². The lowest BCUT2D eigenvalue weighted by molar-refractivity contribution is 0.0555. The van der Waals surface area contributed by atoms with E-state index in [1.807, 2.05) is 0 Å². The molecule has 1 saturated heterocycles. The molecule has 1 aliphatic heterocycles. The fourth-order valence-corrected chi connectivity index (χ4v) is 3.51. The molecule has 1 aromatic rings. The molecule has 2 rings (SSSR count). The van der Waals surface area contributed by atoms with Crippen LogP contribution < -0.4 is 0 Å². The second kappa shape index (κ2) is 6.21. The minimum atomic E-state index is 0.331. The Hall–Kier alpha value is -0.340. The first kappa shape index (κ1) is 14.1. The molecular formula is C16H23BrO. The van der Waals surface area contributed by atoms with E-state index >= 15 is 0 Å². The molecule has 1 aliphatic rings. The summed E-state index contributed by atoms with van der Waals surface area (Å²) in [6.45, 7) is 6.60. The van der Waals surface area contributed by atoms with Gasteiger partial charge in [0.25, 0.3) is 0 Å². The SMILES string of the molecule is CCc1ccc(CC)c(C(Br)C2CCC(C)O2)c1. The Morgan fingerprint density at radius 1 is 1.28 bits per heavy atom. The summed E-state index contributed by atoms with van der Waals surface area (Å²) in [5.41, 5.74) is 4.28. The molecular weight excluding hydrogens is 288 g/mol. The van der Waals surface area contributed by atoms with Crippen LogP contribution in [0.3, 0.4) is 0 Å². The minimum absolute atomic E-state index is 0.331. The van der Waals surface area contributed by atoms with Crippen LogP contribution in [0.5, 0.6) is 0 Å². The first-order valence-electron chi connectivity index (χ1n) is 7.06. The Morgan fingerprint density at radius 2 is 2.06 bits per heavy atom. The highest BCUT2D eigenvalue weighted by molar-refractivity contribution is 9.09. The van der Waals surface area contributed by atoms with E-state index < -0.39 is 0 Å². The third kappa shape index (κ3) is 2.97. The smallest absolute Gasteiger partial charge is 0.0745 e. The van der Waals surface area contributed by atoms with Crippen molar-refractivity contribution in [2.24, 2.45) is 0 Å². The van der Waals surface area contributed by atoms with Crippen molar-refractivity contribution < 1.29 is 4.74 Å². The van der Waals surface area contributed by atoms with E-state index in [0.717, 1.165) is 19.3 Å². The van der Waals surface area contributed by atoms with Crippen LogP contribution in [-0.2, 0) is 17.6 Å². The molecule has 1 aromatic carbocycles. The maximum atomic E-state index is 6.00. The normalized spacial score (nSPS) is 25.3. The minimum Gasteiger partial charge on any atom is -0.374 e. The van der Waals surface area contributed by atoms with Gasteiger partial charge in [-0.05, 0) is 49.3 Å². The summed E-state index contributed by atoms with van der Waals surface area (Å²) in [6, 6.07) is 6.88. The molecule has 0 spiro atoms. The molecule has 1 nitrogen and oxygen atoms in total. The quantitative estimate of drug-likeness (QED) is 0.725. The Bertz CT molecular complexity index is 402. The van der Waals surface area contributed by atoms with Crippen molar-refractivity contribution >= 4 is 15.9 Å². The van der Waals surface area contributed by atoms with Crippen LogP contribution in [0.15, 0.2) is 18.2 Å². The van der Waals surface area contributed by atoms with E-state index in [4.69, 9.17) is 4.74 Å². The van der Waals surface area contributed by atoms with Crippen molar-refractivity contribution in [3.8, 4) is 0 Å². The van der Waals surface area contributed by atoms with Crippen molar-refractivity contribution in [3.05, 3.63) is 34.9 Å². The summed E-state index contributed by atoms with van der Waals surface area (Å²) in [7, 11) is 0. The topological polar surface area (TPSA) is 9.23 Å². The Kier molecular flexibility index (Phi) is 4.85. The molecule has 3 atom stereocenters. The number of alkyl halides is 1. The highest BCUT2D eigenvalue weighted by atomic mass is 79.9. The first-order chi connectivity index (χ1) is 8.65. The van der Waals surface area contributed by atoms with Crippen molar-refractivity contribution in [1.82, 2.24) is 0 Å². The molecule has 0 aromatic heterocycles. The van der Waals surface area contributed by atoms with E-state index in [9.17, 15) is 0 Å². The van der Waals surface area contributed by atoms with Crippen LogP contribution in [-0.4, -0.2) is 12.2 Å². The van der Waals surface area contributed by atoms with Crippen LogP contribution in [0.4, 0.5) is 0 Å². The lowest BCUT2D eigenvalue weighted by Crippen LogP contribution is -2.16. The highest BCUT2D eigenvalue weighted by Gasteiger charge is 2.30. The Labute approximate surface area is 119 Å². The zero-order valence-corrected chi connectivity index (χ0v) is 13.2. The molecule has 0 aliphatic carbocycles. The lowest BCUT2D eigenvalue weighted by Gasteiger charge is -2.21. The predicted molar refractivity (Wildman–Crippen MR) is 80.4 cm³/mol. The number of halogens is 1. The van der Waals surface area contributed by atoms with E-state index in [1.165, 1.54) is 23.1 Å². The van der Waals surface area contributed by atoms with E-state index in [-0.39, 0.29) is 0 Å². The maximum absolute atomic E-state index is 6.00. The van der Waals surface area contributed by atoms with E-state index in [0.29, 0.717) is 17.0 Å². The molecule has 100 valence electrons. The van der Waals surface area contributed by atoms with Gasteiger partial charge in [0.2, 0.25) is 0 Å². The van der Waals surface area contributed by atoms with Crippen LogP contribution in [0.2, 0.25) is 0 Å². The third-order valence-corrected chi connectivity index (χ3v) is 4.97. The van der Waals surface area contributed by atoms with Crippen molar-refractivity contribution in [3.63, 3.8) is 0 Å². The Morgan fingerprint density at radius 3 is 2.61 bits per heavy atom. The van der Waals surface area contributed by atoms with Gasteiger partial charge in [0.15, 0.2) is 0 Å². The van der Waals surface area contributed by atoms with Crippen molar-refractivity contribution in [1.29, 1.82) is 0 Å². The van der Waals surface area contributed by atoms with Gasteiger partial charge < -0.3 is 4.74 Å². The molecule has 18 heavy (non-hydrogen) atoms. The van der Waals surface area contributed by atoms with Gasteiger partial charge in [-0.2, -0.15) is 0 Å². The molecule has 1 heterocycles. The molecule has 3 unspecified atom stereocenters. The highest BCUT2D eigenvalue weighted by Crippen LogP contribution is 2.38. The van der Waals surface area contributed by atoms with Gasteiger partial charge in [-0.25, -0.2) is 0 Å². The molecule has 1 fully saturated rings.